The van der Waals surface area contributed by atoms with Gasteiger partial charge in [-0.2, -0.15) is 0 Å². The lowest BCUT2D eigenvalue weighted by Crippen LogP contribution is -2.44. The van der Waals surface area contributed by atoms with Crippen molar-refractivity contribution in [2.45, 2.75) is 25.8 Å². The number of esters is 1. The maximum Gasteiger partial charge on any atom is 0.328 e. The Bertz CT molecular complexity index is 1030. The molecule has 0 bridgehead atoms. The first-order valence-electron chi connectivity index (χ1n) is 9.77. The topological polar surface area (TPSA) is 89.7 Å². The highest BCUT2D eigenvalue weighted by Crippen LogP contribution is 2.27. The molecule has 0 spiro atoms. The van der Waals surface area contributed by atoms with Gasteiger partial charge in [-0.15, -0.1) is 0 Å². The first-order chi connectivity index (χ1) is 14.5. The van der Waals surface area contributed by atoms with Gasteiger partial charge in [-0.25, -0.2) is 4.79 Å². The van der Waals surface area contributed by atoms with Crippen LogP contribution in [0.2, 0.25) is 0 Å². The van der Waals surface area contributed by atoms with Crippen LogP contribution in [0.25, 0.3) is 10.9 Å². The fraction of sp³-hybridized carbons (Fsp3) is 0.304. The molecule has 0 aliphatic heterocycles. The average Bonchev–Trinajstić information content (AvgIpc) is 3.16. The van der Waals surface area contributed by atoms with Gasteiger partial charge in [-0.05, 0) is 36.2 Å². The maximum atomic E-state index is 12.7. The van der Waals surface area contributed by atoms with Gasteiger partial charge in [0.15, 0.2) is 11.5 Å². The fourth-order valence-corrected chi connectivity index (χ4v) is 3.38. The van der Waals surface area contributed by atoms with Crippen LogP contribution in [-0.2, 0) is 27.2 Å². The second-order valence-electron chi connectivity index (χ2n) is 6.80. The molecule has 7 heteroatoms. The van der Waals surface area contributed by atoms with Crippen LogP contribution in [0.1, 0.15) is 18.1 Å². The zero-order valence-corrected chi connectivity index (χ0v) is 17.4. The Hall–Kier alpha value is -3.48. The summed E-state index contributed by atoms with van der Waals surface area (Å²) in [5.74, 6) is 0.400. The Morgan fingerprint density at radius 3 is 2.57 bits per heavy atom. The van der Waals surface area contributed by atoms with Crippen molar-refractivity contribution in [1.82, 2.24) is 10.3 Å². The van der Waals surface area contributed by atoms with Crippen molar-refractivity contribution in [3.8, 4) is 11.5 Å². The van der Waals surface area contributed by atoms with Crippen LogP contribution in [0, 0.1) is 0 Å². The van der Waals surface area contributed by atoms with Crippen molar-refractivity contribution in [1.29, 1.82) is 0 Å². The van der Waals surface area contributed by atoms with E-state index in [1.165, 1.54) is 0 Å². The normalized spacial score (nSPS) is 11.7. The third kappa shape index (κ3) is 4.92. The molecule has 3 rings (SSSR count). The van der Waals surface area contributed by atoms with Crippen molar-refractivity contribution >= 4 is 22.8 Å². The Balaban J connectivity index is 1.74. The van der Waals surface area contributed by atoms with E-state index >= 15 is 0 Å². The minimum Gasteiger partial charge on any atom is -0.493 e. The number of carbonyl (C=O) groups excluding carboxylic acids is 2. The molecule has 1 aromatic heterocycles. The molecule has 30 heavy (non-hydrogen) atoms. The largest absolute Gasteiger partial charge is 0.493 e. The van der Waals surface area contributed by atoms with Gasteiger partial charge in [0.2, 0.25) is 5.91 Å². The number of ether oxygens (including phenoxy) is 3. The van der Waals surface area contributed by atoms with Gasteiger partial charge in [0, 0.05) is 23.5 Å². The van der Waals surface area contributed by atoms with E-state index in [0.29, 0.717) is 17.9 Å². The number of para-hydroxylation sites is 1. The molecule has 0 saturated heterocycles. The molecule has 1 heterocycles. The summed E-state index contributed by atoms with van der Waals surface area (Å²) in [6.45, 7) is 1.99. The van der Waals surface area contributed by atoms with Gasteiger partial charge in [0.1, 0.15) is 6.04 Å². The summed E-state index contributed by atoms with van der Waals surface area (Å²) in [6.07, 6.45) is 2.29. The standard InChI is InChI=1S/C23H26N2O5/c1-4-30-23(27)19(13-16-14-24-18-8-6-5-7-17(16)18)25-22(26)12-15-9-10-20(28-2)21(11-15)29-3/h5-11,14,19,24H,4,12-13H2,1-3H3,(H,25,26). The molecule has 3 aromatic rings. The van der Waals surface area contributed by atoms with Crippen molar-refractivity contribution in [3.63, 3.8) is 0 Å². The smallest absolute Gasteiger partial charge is 0.328 e. The van der Waals surface area contributed by atoms with E-state index in [-0.39, 0.29) is 18.9 Å². The lowest BCUT2D eigenvalue weighted by molar-refractivity contribution is -0.147. The number of benzene rings is 2. The lowest BCUT2D eigenvalue weighted by Gasteiger charge is -2.17. The van der Waals surface area contributed by atoms with Crippen LogP contribution in [0.3, 0.4) is 0 Å². The minimum absolute atomic E-state index is 0.101. The molecular weight excluding hydrogens is 384 g/mol. The molecule has 1 amide bonds. The number of hydrogen-bond acceptors (Lipinski definition) is 5. The molecule has 0 saturated carbocycles. The third-order valence-electron chi connectivity index (χ3n) is 4.82. The Labute approximate surface area is 175 Å². The number of H-pyrrole nitrogens is 1. The van der Waals surface area contributed by atoms with Crippen LogP contribution in [0.4, 0.5) is 0 Å². The van der Waals surface area contributed by atoms with E-state index in [0.717, 1.165) is 22.0 Å². The number of aromatic amines is 1. The van der Waals surface area contributed by atoms with Gasteiger partial charge >= 0.3 is 5.97 Å². The molecule has 158 valence electrons. The summed E-state index contributed by atoms with van der Waals surface area (Å²) in [6, 6.07) is 12.3. The van der Waals surface area contributed by atoms with Crippen molar-refractivity contribution in [3.05, 3.63) is 59.8 Å². The quantitative estimate of drug-likeness (QED) is 0.530. The maximum absolute atomic E-state index is 12.7. The number of rotatable bonds is 9. The number of methoxy groups -OCH3 is 2. The molecule has 1 unspecified atom stereocenters. The summed E-state index contributed by atoms with van der Waals surface area (Å²) < 4.78 is 15.7. The van der Waals surface area contributed by atoms with E-state index in [9.17, 15) is 9.59 Å². The van der Waals surface area contributed by atoms with E-state index in [1.807, 2.05) is 30.5 Å². The van der Waals surface area contributed by atoms with Gasteiger partial charge < -0.3 is 24.5 Å². The summed E-state index contributed by atoms with van der Waals surface area (Å²) in [5.41, 5.74) is 2.67. The molecule has 0 aliphatic rings. The monoisotopic (exact) mass is 410 g/mol. The summed E-state index contributed by atoms with van der Waals surface area (Å²) in [4.78, 5) is 28.4. The van der Waals surface area contributed by atoms with Gasteiger partial charge in [0.25, 0.3) is 0 Å². The molecule has 1 atom stereocenters. The molecule has 0 aliphatic carbocycles. The summed E-state index contributed by atoms with van der Waals surface area (Å²) in [5, 5.41) is 3.83. The minimum atomic E-state index is -0.781. The lowest BCUT2D eigenvalue weighted by atomic mass is 10.0. The van der Waals surface area contributed by atoms with Gasteiger partial charge in [-0.3, -0.25) is 4.79 Å². The second-order valence-corrected chi connectivity index (χ2v) is 6.80. The van der Waals surface area contributed by atoms with Crippen LogP contribution < -0.4 is 14.8 Å². The first-order valence-corrected chi connectivity index (χ1v) is 9.77. The predicted octanol–water partition coefficient (Wildman–Crippen LogP) is 3.02. The summed E-state index contributed by atoms with van der Waals surface area (Å²) >= 11 is 0. The Morgan fingerprint density at radius 2 is 1.83 bits per heavy atom. The number of amides is 1. The highest BCUT2D eigenvalue weighted by atomic mass is 16.5. The van der Waals surface area contributed by atoms with Gasteiger partial charge in [-0.1, -0.05) is 24.3 Å². The number of fused-ring (bicyclic) bond motifs is 1. The van der Waals surface area contributed by atoms with Crippen molar-refractivity contribution < 1.29 is 23.8 Å². The Morgan fingerprint density at radius 1 is 1.07 bits per heavy atom. The molecular formula is C23H26N2O5. The molecule has 2 N–H and O–H groups in total. The SMILES string of the molecule is CCOC(=O)C(Cc1c[nH]c2ccccc12)NC(=O)Cc1ccc(OC)c(OC)c1. The van der Waals surface area contributed by atoms with E-state index in [2.05, 4.69) is 10.3 Å². The fourth-order valence-electron chi connectivity index (χ4n) is 3.38. The predicted molar refractivity (Wildman–Crippen MR) is 114 cm³/mol. The Kier molecular flexibility index (Phi) is 6.95. The van der Waals surface area contributed by atoms with Crippen LogP contribution in [0.5, 0.6) is 11.5 Å². The van der Waals surface area contributed by atoms with Gasteiger partial charge in [0.05, 0.1) is 27.2 Å². The van der Waals surface area contributed by atoms with Crippen molar-refractivity contribution in [2.24, 2.45) is 0 Å². The van der Waals surface area contributed by atoms with Crippen LogP contribution >= 0.6 is 0 Å². The number of nitrogens with one attached hydrogen (secondary N) is 2. The third-order valence-corrected chi connectivity index (χ3v) is 4.82. The van der Waals surface area contributed by atoms with Crippen molar-refractivity contribution in [2.75, 3.05) is 20.8 Å². The zero-order chi connectivity index (χ0) is 21.5. The highest BCUT2D eigenvalue weighted by Gasteiger charge is 2.24. The number of carbonyl (C=O) groups is 2. The molecule has 0 radical (unpaired) electrons. The highest BCUT2D eigenvalue weighted by molar-refractivity contribution is 5.88. The number of hydrogen-bond donors (Lipinski definition) is 2. The zero-order valence-electron chi connectivity index (χ0n) is 17.4. The van der Waals surface area contributed by atoms with E-state index in [1.54, 1.807) is 39.3 Å². The second kappa shape index (κ2) is 9.82. The van der Waals surface area contributed by atoms with E-state index in [4.69, 9.17) is 14.2 Å². The van der Waals surface area contributed by atoms with E-state index < -0.39 is 12.0 Å². The van der Waals surface area contributed by atoms with Crippen LogP contribution in [-0.4, -0.2) is 43.7 Å². The summed E-state index contributed by atoms with van der Waals surface area (Å²) in [7, 11) is 3.10. The first kappa shape index (κ1) is 21.2. The molecule has 2 aromatic carbocycles. The number of aromatic nitrogens is 1. The molecule has 7 nitrogen and oxygen atoms in total. The molecule has 0 fully saturated rings. The van der Waals surface area contributed by atoms with Crippen LogP contribution in [0.15, 0.2) is 48.7 Å². The average molecular weight is 410 g/mol.